The lowest BCUT2D eigenvalue weighted by Crippen LogP contribution is -2.11. The van der Waals surface area contributed by atoms with Crippen LogP contribution in [-0.4, -0.2) is 5.84 Å². The lowest BCUT2D eigenvalue weighted by atomic mass is 10.1. The Kier molecular flexibility index (Phi) is 3.51. The van der Waals surface area contributed by atoms with Gasteiger partial charge < -0.3 is 10.5 Å². The first-order valence-corrected chi connectivity index (χ1v) is 5.86. The molecule has 0 bridgehead atoms. The summed E-state index contributed by atoms with van der Waals surface area (Å²) in [5.41, 5.74) is 7.70. The quantitative estimate of drug-likeness (QED) is 0.653. The number of nitrogens with one attached hydrogen (secondary N) is 1. The molecule has 4 heteroatoms. The van der Waals surface area contributed by atoms with E-state index in [4.69, 9.17) is 15.9 Å². The van der Waals surface area contributed by atoms with E-state index in [2.05, 4.69) is 0 Å². The number of hydrogen-bond acceptors (Lipinski definition) is 2. The Morgan fingerprint density at radius 1 is 1.11 bits per heavy atom. The minimum absolute atomic E-state index is 0.122. The van der Waals surface area contributed by atoms with Crippen molar-refractivity contribution in [3.05, 3.63) is 58.9 Å². The van der Waals surface area contributed by atoms with Crippen LogP contribution in [0.3, 0.4) is 0 Å². The molecule has 0 aromatic heterocycles. The minimum Gasteiger partial charge on any atom is -0.454 e. The maximum absolute atomic E-state index is 13.8. The van der Waals surface area contributed by atoms with Crippen LogP contribution in [0.4, 0.5) is 4.39 Å². The first kappa shape index (κ1) is 13.1. The molecule has 0 saturated heterocycles. The van der Waals surface area contributed by atoms with Gasteiger partial charge in [0.05, 0.1) is 0 Å². The number of amidine groups is 1. The monoisotopic (exact) mass is 258 g/mol. The molecule has 2 rings (SSSR count). The van der Waals surface area contributed by atoms with Gasteiger partial charge in [-0.05, 0) is 43.7 Å². The fraction of sp³-hybridized carbons (Fsp3) is 0.133. The van der Waals surface area contributed by atoms with Gasteiger partial charge in [-0.1, -0.05) is 17.7 Å². The molecule has 0 fully saturated rings. The van der Waals surface area contributed by atoms with Crippen LogP contribution in [0.25, 0.3) is 0 Å². The summed E-state index contributed by atoms with van der Waals surface area (Å²) in [5.74, 6) is 0.0293. The average molecular weight is 258 g/mol. The van der Waals surface area contributed by atoms with Crippen molar-refractivity contribution in [2.45, 2.75) is 13.8 Å². The van der Waals surface area contributed by atoms with E-state index < -0.39 is 5.82 Å². The van der Waals surface area contributed by atoms with E-state index in [1.54, 1.807) is 6.07 Å². The van der Waals surface area contributed by atoms with Gasteiger partial charge >= 0.3 is 0 Å². The summed E-state index contributed by atoms with van der Waals surface area (Å²) in [6.07, 6.45) is 0. The lowest BCUT2D eigenvalue weighted by Gasteiger charge is -2.10. The van der Waals surface area contributed by atoms with Gasteiger partial charge in [-0.15, -0.1) is 0 Å². The third-order valence-corrected chi connectivity index (χ3v) is 2.79. The maximum Gasteiger partial charge on any atom is 0.166 e. The number of nitrogens with two attached hydrogens (primary N) is 1. The summed E-state index contributed by atoms with van der Waals surface area (Å²) in [6.45, 7) is 3.89. The molecule has 0 saturated carbocycles. The summed E-state index contributed by atoms with van der Waals surface area (Å²) in [7, 11) is 0. The first-order chi connectivity index (χ1) is 8.97. The second-order valence-electron chi connectivity index (χ2n) is 4.43. The highest BCUT2D eigenvalue weighted by Crippen LogP contribution is 2.28. The number of nitrogen functional groups attached to an aromatic ring is 1. The second-order valence-corrected chi connectivity index (χ2v) is 4.43. The van der Waals surface area contributed by atoms with Crippen LogP contribution in [0.5, 0.6) is 11.5 Å². The molecule has 0 spiro atoms. The normalized spacial score (nSPS) is 10.3. The molecular weight excluding hydrogens is 243 g/mol. The molecule has 2 aromatic rings. The molecule has 0 amide bonds. The number of rotatable bonds is 3. The Morgan fingerprint density at radius 3 is 2.37 bits per heavy atom. The van der Waals surface area contributed by atoms with Gasteiger partial charge in [0.25, 0.3) is 0 Å². The molecule has 0 radical (unpaired) electrons. The topological polar surface area (TPSA) is 59.1 Å². The van der Waals surface area contributed by atoms with Crippen LogP contribution >= 0.6 is 0 Å². The number of halogens is 1. The fourth-order valence-electron chi connectivity index (χ4n) is 1.78. The fourth-order valence-corrected chi connectivity index (χ4v) is 1.78. The Hall–Kier alpha value is -2.36. The van der Waals surface area contributed by atoms with Gasteiger partial charge in [-0.25, -0.2) is 4.39 Å². The van der Waals surface area contributed by atoms with E-state index in [1.165, 1.54) is 12.1 Å². The molecule has 98 valence electrons. The largest absolute Gasteiger partial charge is 0.454 e. The van der Waals surface area contributed by atoms with Crippen molar-refractivity contribution >= 4 is 5.84 Å². The molecule has 19 heavy (non-hydrogen) atoms. The summed E-state index contributed by atoms with van der Waals surface area (Å²) in [4.78, 5) is 0. The number of aryl methyl sites for hydroxylation is 2. The van der Waals surface area contributed by atoms with Gasteiger partial charge in [0.15, 0.2) is 11.6 Å². The molecule has 0 unspecified atom stereocenters. The van der Waals surface area contributed by atoms with Gasteiger partial charge in [-0.2, -0.15) is 0 Å². The van der Waals surface area contributed by atoms with Gasteiger partial charge in [0.2, 0.25) is 0 Å². The molecular formula is C15H15FN2O. The highest BCUT2D eigenvalue weighted by molar-refractivity contribution is 5.95. The molecule has 0 heterocycles. The molecule has 0 atom stereocenters. The number of benzene rings is 2. The van der Waals surface area contributed by atoms with Crippen molar-refractivity contribution in [2.24, 2.45) is 5.73 Å². The van der Waals surface area contributed by atoms with Crippen molar-refractivity contribution in [1.29, 1.82) is 5.41 Å². The first-order valence-electron chi connectivity index (χ1n) is 5.86. The molecule has 0 aliphatic carbocycles. The van der Waals surface area contributed by atoms with E-state index >= 15 is 0 Å². The van der Waals surface area contributed by atoms with E-state index in [0.717, 1.165) is 11.1 Å². The van der Waals surface area contributed by atoms with E-state index in [-0.39, 0.29) is 11.6 Å². The second kappa shape index (κ2) is 5.10. The van der Waals surface area contributed by atoms with Gasteiger partial charge in [-0.3, -0.25) is 5.41 Å². The molecule has 3 N–H and O–H groups in total. The summed E-state index contributed by atoms with van der Waals surface area (Å²) in [5, 5.41) is 7.25. The van der Waals surface area contributed by atoms with E-state index in [0.29, 0.717) is 11.3 Å². The number of hydrogen-bond donors (Lipinski definition) is 2. The zero-order valence-electron chi connectivity index (χ0n) is 10.8. The third kappa shape index (κ3) is 2.91. The standard InChI is InChI=1S/C15H15FN2O/c1-9-3-5-13(10(2)7-9)19-14-6-4-11(15(17)18)8-12(14)16/h3-8H,1-2H3,(H3,17,18). The highest BCUT2D eigenvalue weighted by Gasteiger charge is 2.09. The van der Waals surface area contributed by atoms with Crippen molar-refractivity contribution in [3.8, 4) is 11.5 Å². The van der Waals surface area contributed by atoms with Crippen LogP contribution in [-0.2, 0) is 0 Å². The lowest BCUT2D eigenvalue weighted by molar-refractivity contribution is 0.439. The highest BCUT2D eigenvalue weighted by atomic mass is 19.1. The zero-order valence-corrected chi connectivity index (χ0v) is 10.8. The minimum atomic E-state index is -0.535. The van der Waals surface area contributed by atoms with Crippen molar-refractivity contribution < 1.29 is 9.13 Å². The number of ether oxygens (including phenoxy) is 1. The zero-order chi connectivity index (χ0) is 14.0. The summed E-state index contributed by atoms with van der Waals surface area (Å²) in [6, 6.07) is 9.92. The predicted molar refractivity (Wildman–Crippen MR) is 73.4 cm³/mol. The molecule has 0 aliphatic heterocycles. The van der Waals surface area contributed by atoms with Gasteiger partial charge in [0, 0.05) is 5.56 Å². The Bertz CT molecular complexity index is 638. The Balaban J connectivity index is 2.31. The van der Waals surface area contributed by atoms with Crippen molar-refractivity contribution in [3.63, 3.8) is 0 Å². The van der Waals surface area contributed by atoms with Crippen LogP contribution in [0, 0.1) is 25.1 Å². The third-order valence-electron chi connectivity index (χ3n) is 2.79. The van der Waals surface area contributed by atoms with E-state index in [9.17, 15) is 4.39 Å². The SMILES string of the molecule is Cc1ccc(Oc2ccc(C(=N)N)cc2F)c(C)c1. The predicted octanol–water partition coefficient (Wildman–Crippen LogP) is 3.52. The van der Waals surface area contributed by atoms with Crippen LogP contribution in [0.15, 0.2) is 36.4 Å². The average Bonchev–Trinajstić information content (AvgIpc) is 2.34. The maximum atomic E-state index is 13.8. The molecule has 2 aromatic carbocycles. The van der Waals surface area contributed by atoms with Crippen molar-refractivity contribution in [2.75, 3.05) is 0 Å². The van der Waals surface area contributed by atoms with Crippen LogP contribution in [0.1, 0.15) is 16.7 Å². The summed E-state index contributed by atoms with van der Waals surface area (Å²) < 4.78 is 19.4. The van der Waals surface area contributed by atoms with E-state index in [1.807, 2.05) is 32.0 Å². The Morgan fingerprint density at radius 2 is 1.79 bits per heavy atom. The van der Waals surface area contributed by atoms with Gasteiger partial charge in [0.1, 0.15) is 11.6 Å². The van der Waals surface area contributed by atoms with Crippen LogP contribution < -0.4 is 10.5 Å². The van der Waals surface area contributed by atoms with Crippen LogP contribution in [0.2, 0.25) is 0 Å². The van der Waals surface area contributed by atoms with Crippen molar-refractivity contribution in [1.82, 2.24) is 0 Å². The Labute approximate surface area is 111 Å². The molecule has 0 aliphatic rings. The summed E-state index contributed by atoms with van der Waals surface area (Å²) >= 11 is 0. The molecule has 3 nitrogen and oxygen atoms in total. The smallest absolute Gasteiger partial charge is 0.166 e.